The molecule has 0 saturated carbocycles. The Hall–Kier alpha value is -1.38. The van der Waals surface area contributed by atoms with Gasteiger partial charge in [-0.1, -0.05) is 0 Å². The highest BCUT2D eigenvalue weighted by Gasteiger charge is 2.05. The molecule has 1 aromatic rings. The number of nitrogens with zero attached hydrogens (tertiary/aromatic N) is 1. The number of aromatic nitrogens is 1. The summed E-state index contributed by atoms with van der Waals surface area (Å²) in [5, 5.41) is 2.60. The highest BCUT2D eigenvalue weighted by Crippen LogP contribution is 2.01. The lowest BCUT2D eigenvalue weighted by Crippen LogP contribution is -2.35. The summed E-state index contributed by atoms with van der Waals surface area (Å²) in [5.74, 6) is 0. The van der Waals surface area contributed by atoms with E-state index in [0.29, 0.717) is 12.5 Å². The Morgan fingerprint density at radius 1 is 1.58 bits per heavy atom. The molecule has 0 radical (unpaired) electrons. The Balaban J connectivity index is 2.87. The van der Waals surface area contributed by atoms with Crippen LogP contribution in [0.4, 0.5) is 5.69 Å². The molecule has 0 bridgehead atoms. The maximum atomic E-state index is 10.1. The molecule has 0 fully saturated rings. The third kappa shape index (κ3) is 2.05. The standard InChI is InChI=1S/C9H12N2O/c1-8(2)11-5-3-4-9(6-11)10-7-12/h3-8H,1-2H3/p+1. The second-order valence-electron chi connectivity index (χ2n) is 2.90. The third-order valence-corrected chi connectivity index (χ3v) is 1.64. The molecule has 0 atom stereocenters. The van der Waals surface area contributed by atoms with E-state index in [9.17, 15) is 4.79 Å². The number of pyridine rings is 1. The van der Waals surface area contributed by atoms with Gasteiger partial charge in [0.25, 0.3) is 0 Å². The average molecular weight is 165 g/mol. The molecule has 1 N–H and O–H groups in total. The van der Waals surface area contributed by atoms with Crippen LogP contribution in [0.25, 0.3) is 0 Å². The first-order valence-corrected chi connectivity index (χ1v) is 3.95. The van der Waals surface area contributed by atoms with Gasteiger partial charge in [-0.15, -0.1) is 0 Å². The second-order valence-corrected chi connectivity index (χ2v) is 2.90. The summed E-state index contributed by atoms with van der Waals surface area (Å²) in [6.07, 6.45) is 4.56. The molecule has 3 nitrogen and oxygen atoms in total. The molecule has 1 rings (SSSR count). The zero-order valence-electron chi connectivity index (χ0n) is 7.32. The molecular formula is C9H13N2O+. The number of anilines is 1. The van der Waals surface area contributed by atoms with Crippen molar-refractivity contribution >= 4 is 12.1 Å². The monoisotopic (exact) mass is 165 g/mol. The molecule has 0 saturated heterocycles. The summed E-state index contributed by atoms with van der Waals surface area (Å²) in [6, 6.07) is 4.18. The van der Waals surface area contributed by atoms with E-state index in [-0.39, 0.29) is 0 Å². The van der Waals surface area contributed by atoms with Gasteiger partial charge in [-0.2, -0.15) is 0 Å². The number of nitrogens with one attached hydrogen (secondary N) is 1. The number of carbonyl (C=O) groups is 1. The van der Waals surface area contributed by atoms with Crippen LogP contribution < -0.4 is 9.88 Å². The smallest absolute Gasteiger partial charge is 0.211 e. The largest absolute Gasteiger partial charge is 0.324 e. The fourth-order valence-electron chi connectivity index (χ4n) is 0.967. The van der Waals surface area contributed by atoms with Gasteiger partial charge in [0, 0.05) is 6.07 Å². The number of carbonyl (C=O) groups excluding carboxylic acids is 1. The molecule has 64 valence electrons. The summed E-state index contributed by atoms with van der Waals surface area (Å²) in [5.41, 5.74) is 0.821. The topological polar surface area (TPSA) is 33.0 Å². The van der Waals surface area contributed by atoms with Gasteiger partial charge in [-0.05, 0) is 19.9 Å². The number of hydrogen-bond acceptors (Lipinski definition) is 1. The van der Waals surface area contributed by atoms with Crippen molar-refractivity contribution in [2.24, 2.45) is 0 Å². The van der Waals surface area contributed by atoms with Crippen LogP contribution >= 0.6 is 0 Å². The molecule has 1 heterocycles. The zero-order valence-corrected chi connectivity index (χ0v) is 7.32. The van der Waals surface area contributed by atoms with Gasteiger partial charge in [0.05, 0.1) is 0 Å². The molecule has 3 heteroatoms. The SMILES string of the molecule is CC(C)[n+]1cccc(NC=O)c1. The van der Waals surface area contributed by atoms with E-state index in [1.54, 1.807) is 0 Å². The fraction of sp³-hybridized carbons (Fsp3) is 0.333. The van der Waals surface area contributed by atoms with Crippen LogP contribution in [0.5, 0.6) is 0 Å². The number of rotatable bonds is 3. The van der Waals surface area contributed by atoms with Crippen LogP contribution in [0.3, 0.4) is 0 Å². The summed E-state index contributed by atoms with van der Waals surface area (Å²) in [6.45, 7) is 4.18. The maximum Gasteiger partial charge on any atom is 0.211 e. The predicted octanol–water partition coefficient (Wildman–Crippen LogP) is 1.12. The first kappa shape index (κ1) is 8.71. The molecule has 12 heavy (non-hydrogen) atoms. The van der Waals surface area contributed by atoms with Crippen LogP contribution in [0.2, 0.25) is 0 Å². The normalized spacial score (nSPS) is 9.92. The van der Waals surface area contributed by atoms with Gasteiger partial charge in [-0.25, -0.2) is 4.57 Å². The van der Waals surface area contributed by atoms with Crippen molar-refractivity contribution in [3.63, 3.8) is 0 Å². The predicted molar refractivity (Wildman–Crippen MR) is 46.7 cm³/mol. The Labute approximate surface area is 72.0 Å². The fourth-order valence-corrected chi connectivity index (χ4v) is 0.967. The van der Waals surface area contributed by atoms with Gasteiger partial charge < -0.3 is 5.32 Å². The minimum atomic E-state index is 0.415. The van der Waals surface area contributed by atoms with Gasteiger partial charge in [0.1, 0.15) is 5.69 Å². The molecule has 0 aliphatic heterocycles. The molecule has 0 unspecified atom stereocenters. The molecular weight excluding hydrogens is 152 g/mol. The quantitative estimate of drug-likeness (QED) is 0.528. The molecule has 0 aliphatic carbocycles. The van der Waals surface area contributed by atoms with Gasteiger partial charge in [0.2, 0.25) is 6.41 Å². The van der Waals surface area contributed by atoms with E-state index >= 15 is 0 Å². The highest BCUT2D eigenvalue weighted by molar-refractivity contribution is 5.69. The van der Waals surface area contributed by atoms with Crippen LogP contribution in [0, 0.1) is 0 Å². The van der Waals surface area contributed by atoms with Gasteiger partial charge >= 0.3 is 0 Å². The second kappa shape index (κ2) is 3.85. The van der Waals surface area contributed by atoms with Crippen LogP contribution in [-0.2, 0) is 4.79 Å². The Bertz CT molecular complexity index is 271. The lowest BCUT2D eigenvalue weighted by molar-refractivity contribution is -0.715. The Morgan fingerprint density at radius 2 is 2.33 bits per heavy atom. The average Bonchev–Trinajstić information content (AvgIpc) is 2.05. The minimum absolute atomic E-state index is 0.415. The molecule has 0 spiro atoms. The van der Waals surface area contributed by atoms with E-state index < -0.39 is 0 Å². The molecule has 0 aromatic carbocycles. The zero-order chi connectivity index (χ0) is 8.97. The lowest BCUT2D eigenvalue weighted by Gasteiger charge is -2.01. The summed E-state index contributed by atoms with van der Waals surface area (Å²) < 4.78 is 2.03. The Morgan fingerprint density at radius 3 is 2.92 bits per heavy atom. The molecule has 1 aromatic heterocycles. The van der Waals surface area contributed by atoms with Gasteiger partial charge in [-0.3, -0.25) is 4.79 Å². The third-order valence-electron chi connectivity index (χ3n) is 1.64. The van der Waals surface area contributed by atoms with Crippen molar-refractivity contribution in [1.82, 2.24) is 0 Å². The molecule has 0 aliphatic rings. The van der Waals surface area contributed by atoms with E-state index in [2.05, 4.69) is 19.2 Å². The lowest BCUT2D eigenvalue weighted by atomic mass is 10.3. The van der Waals surface area contributed by atoms with E-state index in [1.165, 1.54) is 0 Å². The first-order chi connectivity index (χ1) is 5.74. The van der Waals surface area contributed by atoms with Gasteiger partial charge in [0.15, 0.2) is 18.4 Å². The summed E-state index contributed by atoms with van der Waals surface area (Å²) in [4.78, 5) is 10.1. The minimum Gasteiger partial charge on any atom is -0.324 e. The highest BCUT2D eigenvalue weighted by atomic mass is 16.1. The van der Waals surface area contributed by atoms with Crippen LogP contribution in [0.15, 0.2) is 24.5 Å². The van der Waals surface area contributed by atoms with Crippen molar-refractivity contribution in [3.05, 3.63) is 24.5 Å². The van der Waals surface area contributed by atoms with E-state index in [0.717, 1.165) is 5.69 Å². The Kier molecular flexibility index (Phi) is 2.80. The summed E-state index contributed by atoms with van der Waals surface area (Å²) in [7, 11) is 0. The van der Waals surface area contributed by atoms with Crippen molar-refractivity contribution in [3.8, 4) is 0 Å². The van der Waals surface area contributed by atoms with Crippen LogP contribution in [0.1, 0.15) is 19.9 Å². The van der Waals surface area contributed by atoms with Crippen molar-refractivity contribution in [2.45, 2.75) is 19.9 Å². The van der Waals surface area contributed by atoms with Crippen molar-refractivity contribution < 1.29 is 9.36 Å². The van der Waals surface area contributed by atoms with E-state index in [1.807, 2.05) is 29.1 Å². The van der Waals surface area contributed by atoms with Crippen molar-refractivity contribution in [1.29, 1.82) is 0 Å². The number of amides is 1. The first-order valence-electron chi connectivity index (χ1n) is 3.95. The number of hydrogen-bond donors (Lipinski definition) is 1. The summed E-state index contributed by atoms with van der Waals surface area (Å²) >= 11 is 0. The van der Waals surface area contributed by atoms with Crippen LogP contribution in [-0.4, -0.2) is 6.41 Å². The van der Waals surface area contributed by atoms with Crippen molar-refractivity contribution in [2.75, 3.05) is 5.32 Å². The maximum absolute atomic E-state index is 10.1. The van der Waals surface area contributed by atoms with E-state index in [4.69, 9.17) is 0 Å². The molecule has 1 amide bonds.